The quantitative estimate of drug-likeness (QED) is 0.0323. The molecule has 0 aliphatic carbocycles. The van der Waals surface area contributed by atoms with E-state index in [2.05, 4.69) is 39.1 Å². The minimum absolute atomic E-state index is 0.0580. The molecule has 0 bridgehead atoms. The Balaban J connectivity index is 1.16. The van der Waals surface area contributed by atoms with Gasteiger partial charge in [0.05, 0.1) is 50.1 Å². The van der Waals surface area contributed by atoms with Gasteiger partial charge in [-0.15, -0.1) is 0 Å². The molecule has 0 unspecified atom stereocenters. The Bertz CT molecular complexity index is 2750. The van der Waals surface area contributed by atoms with Crippen LogP contribution in [0, 0.1) is 6.92 Å². The third kappa shape index (κ3) is 14.0. The van der Waals surface area contributed by atoms with Crippen molar-refractivity contribution in [3.8, 4) is 17.2 Å². The molecule has 411 valence electrons. The van der Waals surface area contributed by atoms with E-state index in [-0.39, 0.29) is 60.4 Å². The summed E-state index contributed by atoms with van der Waals surface area (Å²) in [4.78, 5) is 61.5. The number of nitrogens with zero attached hydrogens (tertiary/aromatic N) is 4. The molecule has 0 saturated carbocycles. The molecule has 4 heterocycles. The number of nitrogens with one attached hydrogen (secondary N) is 1. The fourth-order valence-electron chi connectivity index (χ4n) is 10.2. The molecule has 21 heteroatoms. The molecular formula is C56H77B3N5O12Si. The number of hydrogen-bond acceptors (Lipinski definition) is 15. The van der Waals surface area contributed by atoms with Crippen LogP contribution in [0.4, 0.5) is 11.4 Å². The van der Waals surface area contributed by atoms with E-state index in [1.165, 1.54) is 14.5 Å². The molecular weight excluding hydrogens is 995 g/mol. The van der Waals surface area contributed by atoms with E-state index in [1.807, 2.05) is 75.2 Å². The van der Waals surface area contributed by atoms with Crippen LogP contribution in [0.25, 0.3) is 6.08 Å². The molecule has 0 saturated heterocycles. The molecule has 7 rings (SSSR count). The van der Waals surface area contributed by atoms with Crippen molar-refractivity contribution in [1.82, 2.24) is 15.0 Å². The second-order valence-electron chi connectivity index (χ2n) is 22.2. The molecule has 3 aromatic carbocycles. The van der Waals surface area contributed by atoms with Crippen LogP contribution >= 0.6 is 0 Å². The Hall–Kier alpha value is -5.67. The summed E-state index contributed by atoms with van der Waals surface area (Å²) in [5, 5.41) is 23.2. The van der Waals surface area contributed by atoms with Crippen molar-refractivity contribution >= 4 is 71.1 Å². The molecule has 0 fully saturated rings. The Kier molecular flexibility index (Phi) is 19.5. The largest absolute Gasteiger partial charge is 0.493 e. The predicted molar refractivity (Wildman–Crippen MR) is 306 cm³/mol. The van der Waals surface area contributed by atoms with Crippen LogP contribution in [0.15, 0.2) is 72.1 Å². The van der Waals surface area contributed by atoms with Crippen LogP contribution in [-0.4, -0.2) is 138 Å². The lowest BCUT2D eigenvalue weighted by Gasteiger charge is -2.45. The van der Waals surface area contributed by atoms with Crippen molar-refractivity contribution in [1.29, 1.82) is 0 Å². The number of amides is 2. The van der Waals surface area contributed by atoms with E-state index in [0.29, 0.717) is 92.0 Å². The molecule has 4 atom stereocenters. The van der Waals surface area contributed by atoms with Gasteiger partial charge >= 0.3 is 21.5 Å². The molecule has 4 aliphatic heterocycles. The Morgan fingerprint density at radius 1 is 0.818 bits per heavy atom. The van der Waals surface area contributed by atoms with Gasteiger partial charge in [0, 0.05) is 61.5 Å². The second kappa shape index (κ2) is 25.4. The first-order valence-electron chi connectivity index (χ1n) is 26.8. The minimum Gasteiger partial charge on any atom is -0.493 e. The van der Waals surface area contributed by atoms with Gasteiger partial charge < -0.3 is 67.6 Å². The van der Waals surface area contributed by atoms with Crippen molar-refractivity contribution < 1.29 is 57.3 Å². The maximum absolute atomic E-state index is 14.5. The number of ether oxygens (including phenoxy) is 5. The van der Waals surface area contributed by atoms with E-state index < -0.39 is 28.6 Å². The Labute approximate surface area is 457 Å². The van der Waals surface area contributed by atoms with Gasteiger partial charge in [0.2, 0.25) is 0 Å². The van der Waals surface area contributed by atoms with E-state index in [4.69, 9.17) is 28.1 Å². The summed E-state index contributed by atoms with van der Waals surface area (Å²) in [6.07, 6.45) is 9.27. The van der Waals surface area contributed by atoms with Gasteiger partial charge in [0.25, 0.3) is 11.8 Å². The number of carbonyl (C=O) groups excluding carboxylic acids is 4. The molecule has 4 aliphatic rings. The highest BCUT2D eigenvalue weighted by molar-refractivity contribution is 6.74. The first-order valence-corrected chi connectivity index (χ1v) is 29.7. The molecule has 0 aromatic heterocycles. The van der Waals surface area contributed by atoms with E-state index in [0.717, 1.165) is 39.6 Å². The van der Waals surface area contributed by atoms with Gasteiger partial charge in [0.1, 0.15) is 31.4 Å². The number of allylic oxidation sites excluding steroid dienone is 1. The summed E-state index contributed by atoms with van der Waals surface area (Å²) < 4.78 is 37.4. The van der Waals surface area contributed by atoms with Crippen LogP contribution in [0.2, 0.25) is 31.8 Å². The molecule has 1 radical (unpaired) electrons. The van der Waals surface area contributed by atoms with Gasteiger partial charge in [-0.05, 0) is 137 Å². The third-order valence-electron chi connectivity index (χ3n) is 15.1. The number of hydrogen-bond donors (Lipinski definition) is 3. The van der Waals surface area contributed by atoms with E-state index in [1.54, 1.807) is 52.5 Å². The fourth-order valence-corrected chi connectivity index (χ4v) is 11.4. The number of carbonyl (C=O) groups is 4. The summed E-state index contributed by atoms with van der Waals surface area (Å²) in [6, 6.07) is 12.1. The van der Waals surface area contributed by atoms with Crippen molar-refractivity contribution in [2.75, 3.05) is 49.7 Å². The number of aryl methyl sites for hydroxylation is 1. The zero-order valence-electron chi connectivity index (χ0n) is 47.0. The Morgan fingerprint density at radius 2 is 1.42 bits per heavy atom. The minimum atomic E-state index is -2.46. The van der Waals surface area contributed by atoms with Gasteiger partial charge in [-0.3, -0.25) is 14.4 Å². The highest BCUT2D eigenvalue weighted by atomic mass is 28.4. The van der Waals surface area contributed by atoms with E-state index in [9.17, 15) is 29.2 Å². The summed E-state index contributed by atoms with van der Waals surface area (Å²) in [5.74, 6) is 0.778. The standard InChI is InChI=1S/C56H77B3N5O12Si/c1-36-22-46-39(4)64(59(9)70)48-30-52(51(71-10)28-45(48)54(68)61(46)31-36)75-34-42-26-40(15-16-43(66)14-13-18-72-20-21-73-19-17-60-58(8)69)25-41(27-42)33-74-50-29-47-44(24-38(50)3)53(67)62-32-37(2)23-49(62)55(63(47)57-35-65)76-77(11,12)56(5,6)7/h15-16,24-32,35,39,46,49,55,60,69-70H,13-14,17-23,33-34H2,1-12H3/b16-15+/t39-,46-,49-,55-/m0/s1. The summed E-state index contributed by atoms with van der Waals surface area (Å²) in [7, 11) is -1.00. The van der Waals surface area contributed by atoms with Crippen molar-refractivity contribution in [2.45, 2.75) is 143 Å². The molecule has 2 amide bonds. The number of rotatable bonds is 25. The maximum Gasteiger partial charge on any atom is 0.409 e. The van der Waals surface area contributed by atoms with Gasteiger partial charge in [0.15, 0.2) is 25.6 Å². The molecule has 3 aromatic rings. The van der Waals surface area contributed by atoms with Gasteiger partial charge in [-0.25, -0.2) is 0 Å². The van der Waals surface area contributed by atoms with Crippen molar-refractivity contribution in [2.24, 2.45) is 0 Å². The van der Waals surface area contributed by atoms with E-state index >= 15 is 0 Å². The van der Waals surface area contributed by atoms with Crippen LogP contribution in [-0.2, 0) is 36.7 Å². The highest BCUT2D eigenvalue weighted by Gasteiger charge is 2.49. The highest BCUT2D eigenvalue weighted by Crippen LogP contribution is 2.45. The average Bonchev–Trinajstić information content (AvgIpc) is 3.98. The number of fused-ring (bicyclic) bond motifs is 4. The van der Waals surface area contributed by atoms with Crippen LogP contribution < -0.4 is 29.1 Å². The Morgan fingerprint density at radius 3 is 2.03 bits per heavy atom. The topological polar surface area (TPSA) is 189 Å². The smallest absolute Gasteiger partial charge is 0.409 e. The first-order chi connectivity index (χ1) is 36.5. The van der Waals surface area contributed by atoms with Crippen molar-refractivity contribution in [3.63, 3.8) is 0 Å². The average molecular weight is 1070 g/mol. The van der Waals surface area contributed by atoms with Crippen LogP contribution in [0.3, 0.4) is 0 Å². The lowest BCUT2D eigenvalue weighted by atomic mass is 9.80. The van der Waals surface area contributed by atoms with Gasteiger partial charge in [-0.1, -0.05) is 38.0 Å². The number of anilines is 2. The van der Waals surface area contributed by atoms with Crippen LogP contribution in [0.1, 0.15) is 110 Å². The summed E-state index contributed by atoms with van der Waals surface area (Å²) in [5.41, 5.74) is 6.93. The van der Waals surface area contributed by atoms with Crippen molar-refractivity contribution in [3.05, 3.63) is 105 Å². The second-order valence-corrected chi connectivity index (χ2v) is 27.0. The lowest BCUT2D eigenvalue weighted by Crippen LogP contribution is -2.57. The molecule has 0 spiro atoms. The number of benzene rings is 3. The molecule has 3 N–H and O–H groups in total. The fraction of sp³-hybridized carbons (Fsp3) is 0.500. The first kappa shape index (κ1) is 59.0. The predicted octanol–water partition coefficient (Wildman–Crippen LogP) is 7.79. The zero-order valence-corrected chi connectivity index (χ0v) is 48.0. The monoisotopic (exact) mass is 1070 g/mol. The number of methoxy groups -OCH3 is 1. The zero-order chi connectivity index (χ0) is 55.9. The normalized spacial score (nSPS) is 19.2. The summed E-state index contributed by atoms with van der Waals surface area (Å²) >= 11 is 0. The van der Waals surface area contributed by atoms with Gasteiger partial charge in [-0.2, -0.15) is 0 Å². The maximum atomic E-state index is 14.5. The third-order valence-corrected chi connectivity index (χ3v) is 19.5. The lowest BCUT2D eigenvalue weighted by molar-refractivity contribution is -0.114. The van der Waals surface area contributed by atoms with Crippen LogP contribution in [0.5, 0.6) is 17.2 Å². The molecule has 77 heavy (non-hydrogen) atoms. The SMILES string of the molecule is COc1cc2c(cc1OCc1cc(/C=C/C(=O)CCCOCCOCCNB(C)O)cc(COc3cc4c(cc3C)C(=O)N3C=C(C)C[C@H]3[C@H](O[Si](C)(C)C(C)(C)C)N4[B]C=O)c1)N(B(C)O)[C@@H](C)[C@@H]1CC(C)=CN1C2=O. The summed E-state index contributed by atoms with van der Waals surface area (Å²) in [6.45, 7) is 24.4. The number of ketones is 1. The molecule has 17 nitrogen and oxygen atoms in total.